The SMILES string of the molecule is CC(C)=CCOc1c(C)cccc1CN. The first-order valence-electron chi connectivity index (χ1n) is 5.20. The van der Waals surface area contributed by atoms with E-state index in [1.165, 1.54) is 5.57 Å². The molecular formula is C13H19NO. The molecule has 0 aliphatic heterocycles. The maximum Gasteiger partial charge on any atom is 0.127 e. The molecule has 0 amide bonds. The van der Waals surface area contributed by atoms with Gasteiger partial charge in [0.1, 0.15) is 12.4 Å². The van der Waals surface area contributed by atoms with Gasteiger partial charge in [-0.1, -0.05) is 23.8 Å². The van der Waals surface area contributed by atoms with Gasteiger partial charge in [0.15, 0.2) is 0 Å². The van der Waals surface area contributed by atoms with E-state index in [0.717, 1.165) is 16.9 Å². The van der Waals surface area contributed by atoms with Gasteiger partial charge < -0.3 is 10.5 Å². The highest BCUT2D eigenvalue weighted by molar-refractivity contribution is 5.40. The van der Waals surface area contributed by atoms with E-state index < -0.39 is 0 Å². The second kappa shape index (κ2) is 5.56. The summed E-state index contributed by atoms with van der Waals surface area (Å²) >= 11 is 0. The van der Waals surface area contributed by atoms with Gasteiger partial charge in [-0.15, -0.1) is 0 Å². The Hall–Kier alpha value is -1.28. The van der Waals surface area contributed by atoms with Gasteiger partial charge in [-0.05, 0) is 32.4 Å². The largest absolute Gasteiger partial charge is 0.489 e. The summed E-state index contributed by atoms with van der Waals surface area (Å²) in [6.07, 6.45) is 2.06. The van der Waals surface area contributed by atoms with Crippen LogP contribution in [0.1, 0.15) is 25.0 Å². The third-order valence-corrected chi connectivity index (χ3v) is 2.23. The van der Waals surface area contributed by atoms with Crippen LogP contribution in [0.5, 0.6) is 5.75 Å². The zero-order chi connectivity index (χ0) is 11.3. The van der Waals surface area contributed by atoms with Crippen molar-refractivity contribution in [2.75, 3.05) is 6.61 Å². The monoisotopic (exact) mass is 205 g/mol. The van der Waals surface area contributed by atoms with E-state index in [4.69, 9.17) is 10.5 Å². The van der Waals surface area contributed by atoms with Crippen molar-refractivity contribution in [3.05, 3.63) is 41.0 Å². The highest BCUT2D eigenvalue weighted by Gasteiger charge is 2.04. The summed E-state index contributed by atoms with van der Waals surface area (Å²) in [5.41, 5.74) is 9.12. The highest BCUT2D eigenvalue weighted by atomic mass is 16.5. The predicted octanol–water partition coefficient (Wildman–Crippen LogP) is 2.80. The molecule has 0 spiro atoms. The topological polar surface area (TPSA) is 35.2 Å². The maximum atomic E-state index is 5.71. The Bertz CT molecular complexity index is 352. The van der Waals surface area contributed by atoms with E-state index in [1.54, 1.807) is 0 Å². The van der Waals surface area contributed by atoms with E-state index in [-0.39, 0.29) is 0 Å². The molecule has 0 unspecified atom stereocenters. The minimum absolute atomic E-state index is 0.520. The molecule has 0 aromatic heterocycles. The van der Waals surface area contributed by atoms with E-state index >= 15 is 0 Å². The summed E-state index contributed by atoms with van der Waals surface area (Å²) in [5, 5.41) is 0. The van der Waals surface area contributed by atoms with Crippen LogP contribution < -0.4 is 10.5 Å². The fourth-order valence-corrected chi connectivity index (χ4v) is 1.37. The third kappa shape index (κ3) is 3.40. The summed E-state index contributed by atoms with van der Waals surface area (Å²) in [6, 6.07) is 6.05. The Kier molecular flexibility index (Phi) is 4.37. The molecule has 0 fully saturated rings. The standard InChI is InChI=1S/C13H19NO/c1-10(2)7-8-15-13-11(3)5-4-6-12(13)9-14/h4-7H,8-9,14H2,1-3H3. The number of aryl methyl sites for hydroxylation is 1. The van der Waals surface area contributed by atoms with Crippen molar-refractivity contribution in [1.29, 1.82) is 0 Å². The quantitative estimate of drug-likeness (QED) is 0.767. The molecular weight excluding hydrogens is 186 g/mol. The Morgan fingerprint density at radius 3 is 2.73 bits per heavy atom. The molecule has 15 heavy (non-hydrogen) atoms. The first-order valence-corrected chi connectivity index (χ1v) is 5.20. The van der Waals surface area contributed by atoms with Crippen LogP contribution >= 0.6 is 0 Å². The van der Waals surface area contributed by atoms with Crippen LogP contribution in [0.3, 0.4) is 0 Å². The molecule has 0 atom stereocenters. The second-order valence-electron chi connectivity index (χ2n) is 3.86. The minimum atomic E-state index is 0.520. The van der Waals surface area contributed by atoms with Gasteiger partial charge in [0.05, 0.1) is 0 Å². The van der Waals surface area contributed by atoms with Crippen LogP contribution in [-0.4, -0.2) is 6.61 Å². The lowest BCUT2D eigenvalue weighted by atomic mass is 10.1. The fraction of sp³-hybridized carbons (Fsp3) is 0.385. The Morgan fingerprint density at radius 2 is 2.13 bits per heavy atom. The molecule has 0 saturated heterocycles. The summed E-state index contributed by atoms with van der Waals surface area (Å²) < 4.78 is 5.71. The summed E-state index contributed by atoms with van der Waals surface area (Å²) in [6.45, 7) is 7.29. The molecule has 0 bridgehead atoms. The van der Waals surface area contributed by atoms with E-state index in [0.29, 0.717) is 13.2 Å². The zero-order valence-corrected chi connectivity index (χ0v) is 9.71. The predicted molar refractivity (Wildman–Crippen MR) is 64.0 cm³/mol. The molecule has 0 aliphatic carbocycles. The van der Waals surface area contributed by atoms with E-state index in [2.05, 4.69) is 19.9 Å². The number of rotatable bonds is 4. The normalized spacial score (nSPS) is 9.87. The lowest BCUT2D eigenvalue weighted by Gasteiger charge is -2.11. The smallest absolute Gasteiger partial charge is 0.127 e. The molecule has 0 heterocycles. The molecule has 0 saturated carbocycles. The lowest BCUT2D eigenvalue weighted by molar-refractivity contribution is 0.355. The van der Waals surface area contributed by atoms with Crippen molar-refractivity contribution in [2.24, 2.45) is 5.73 Å². The lowest BCUT2D eigenvalue weighted by Crippen LogP contribution is -2.04. The molecule has 2 nitrogen and oxygen atoms in total. The van der Waals surface area contributed by atoms with Gasteiger partial charge >= 0.3 is 0 Å². The number of allylic oxidation sites excluding steroid dienone is 1. The van der Waals surface area contributed by atoms with E-state index in [9.17, 15) is 0 Å². The molecule has 0 radical (unpaired) electrons. The molecule has 1 aromatic rings. The molecule has 2 N–H and O–H groups in total. The molecule has 2 heteroatoms. The highest BCUT2D eigenvalue weighted by Crippen LogP contribution is 2.22. The van der Waals surface area contributed by atoms with Crippen LogP contribution in [-0.2, 0) is 6.54 Å². The molecule has 0 aliphatic rings. The Labute approximate surface area is 91.7 Å². The van der Waals surface area contributed by atoms with Gasteiger partial charge in [-0.2, -0.15) is 0 Å². The van der Waals surface area contributed by atoms with Crippen LogP contribution in [0.25, 0.3) is 0 Å². The third-order valence-electron chi connectivity index (χ3n) is 2.23. The van der Waals surface area contributed by atoms with Crippen molar-refractivity contribution < 1.29 is 4.74 Å². The average Bonchev–Trinajstić information content (AvgIpc) is 2.20. The van der Waals surface area contributed by atoms with Crippen molar-refractivity contribution in [2.45, 2.75) is 27.3 Å². The molecule has 1 rings (SSSR count). The molecule has 82 valence electrons. The number of hydrogen-bond acceptors (Lipinski definition) is 2. The number of para-hydroxylation sites is 1. The first-order chi connectivity index (χ1) is 7.15. The van der Waals surface area contributed by atoms with Gasteiger partial charge in [0.25, 0.3) is 0 Å². The van der Waals surface area contributed by atoms with Gasteiger partial charge in [0, 0.05) is 12.1 Å². The number of ether oxygens (including phenoxy) is 1. The summed E-state index contributed by atoms with van der Waals surface area (Å²) in [4.78, 5) is 0. The van der Waals surface area contributed by atoms with E-state index in [1.807, 2.05) is 25.1 Å². The zero-order valence-electron chi connectivity index (χ0n) is 9.71. The van der Waals surface area contributed by atoms with Gasteiger partial charge in [-0.25, -0.2) is 0 Å². The van der Waals surface area contributed by atoms with Gasteiger partial charge in [0.2, 0.25) is 0 Å². The van der Waals surface area contributed by atoms with Crippen molar-refractivity contribution >= 4 is 0 Å². The minimum Gasteiger partial charge on any atom is -0.489 e. The van der Waals surface area contributed by atoms with Crippen molar-refractivity contribution in [3.63, 3.8) is 0 Å². The fourth-order valence-electron chi connectivity index (χ4n) is 1.37. The van der Waals surface area contributed by atoms with Crippen LogP contribution in [0.15, 0.2) is 29.8 Å². The van der Waals surface area contributed by atoms with Crippen LogP contribution in [0.2, 0.25) is 0 Å². The maximum absolute atomic E-state index is 5.71. The number of nitrogens with two attached hydrogens (primary N) is 1. The first kappa shape index (κ1) is 11.8. The van der Waals surface area contributed by atoms with Crippen LogP contribution in [0, 0.1) is 6.92 Å². The molecule has 1 aromatic carbocycles. The van der Waals surface area contributed by atoms with Crippen molar-refractivity contribution in [1.82, 2.24) is 0 Å². The summed E-state index contributed by atoms with van der Waals surface area (Å²) in [7, 11) is 0. The second-order valence-corrected chi connectivity index (χ2v) is 3.86. The van der Waals surface area contributed by atoms with Gasteiger partial charge in [-0.3, -0.25) is 0 Å². The van der Waals surface area contributed by atoms with Crippen LogP contribution in [0.4, 0.5) is 0 Å². The number of benzene rings is 1. The average molecular weight is 205 g/mol. The van der Waals surface area contributed by atoms with Crippen molar-refractivity contribution in [3.8, 4) is 5.75 Å². The Morgan fingerprint density at radius 1 is 1.40 bits per heavy atom. The Balaban J connectivity index is 2.79. The number of hydrogen-bond donors (Lipinski definition) is 1. The summed E-state index contributed by atoms with van der Waals surface area (Å²) in [5.74, 6) is 0.928.